The van der Waals surface area contributed by atoms with E-state index >= 15 is 0 Å². The molecule has 0 radical (unpaired) electrons. The Morgan fingerprint density at radius 2 is 1.80 bits per heavy atom. The van der Waals surface area contributed by atoms with Crippen LogP contribution in [0.4, 0.5) is 5.69 Å². The van der Waals surface area contributed by atoms with Gasteiger partial charge in [-0.2, -0.15) is 4.80 Å². The highest BCUT2D eigenvalue weighted by Gasteiger charge is 2.17. The van der Waals surface area contributed by atoms with Gasteiger partial charge in [-0.15, -0.1) is 21.5 Å². The molecule has 3 aromatic carbocycles. The van der Waals surface area contributed by atoms with E-state index in [9.17, 15) is 4.79 Å². The van der Waals surface area contributed by atoms with Crippen molar-refractivity contribution in [2.24, 2.45) is 0 Å². The Bertz CT molecular complexity index is 1390. The van der Waals surface area contributed by atoms with Crippen LogP contribution >= 0.6 is 22.9 Å². The van der Waals surface area contributed by atoms with Gasteiger partial charge in [0.05, 0.1) is 17.8 Å². The number of methoxy groups -OCH3 is 1. The average molecular weight is 435 g/mol. The van der Waals surface area contributed by atoms with Gasteiger partial charge in [-0.05, 0) is 48.5 Å². The number of carbonyl (C=O) groups excluding carboxylic acids is 1. The second-order valence-corrected chi connectivity index (χ2v) is 8.02. The lowest BCUT2D eigenvalue weighted by atomic mass is 10.2. The Morgan fingerprint density at radius 3 is 2.57 bits per heavy atom. The summed E-state index contributed by atoms with van der Waals surface area (Å²) in [6.45, 7) is 0. The summed E-state index contributed by atoms with van der Waals surface area (Å²) in [5, 5.41) is 13.3. The van der Waals surface area contributed by atoms with E-state index in [0.29, 0.717) is 21.1 Å². The largest absolute Gasteiger partial charge is 0.497 e. The molecule has 0 aliphatic carbocycles. The molecule has 0 aliphatic heterocycles. The molecule has 148 valence electrons. The van der Waals surface area contributed by atoms with Crippen LogP contribution in [0.2, 0.25) is 5.02 Å². The predicted molar refractivity (Wildman–Crippen MR) is 120 cm³/mol. The van der Waals surface area contributed by atoms with Gasteiger partial charge in [-0.25, -0.2) is 0 Å². The molecule has 5 aromatic rings. The topological polar surface area (TPSA) is 69.0 Å². The molecule has 5 rings (SSSR count). The number of carbonyl (C=O) groups is 1. The lowest BCUT2D eigenvalue weighted by molar-refractivity contribution is 0.103. The second-order valence-electron chi connectivity index (χ2n) is 6.59. The van der Waals surface area contributed by atoms with Gasteiger partial charge in [0.25, 0.3) is 5.91 Å². The summed E-state index contributed by atoms with van der Waals surface area (Å²) in [7, 11) is 1.62. The number of rotatable bonds is 4. The maximum atomic E-state index is 12.8. The first-order valence-electron chi connectivity index (χ1n) is 9.12. The first kappa shape index (κ1) is 18.6. The third-order valence-corrected chi connectivity index (χ3v) is 6.36. The highest BCUT2D eigenvalue weighted by Crippen LogP contribution is 2.35. The maximum Gasteiger partial charge on any atom is 0.267 e. The number of amides is 1. The van der Waals surface area contributed by atoms with Crippen LogP contribution in [-0.4, -0.2) is 28.0 Å². The zero-order valence-corrected chi connectivity index (χ0v) is 17.4. The fourth-order valence-electron chi connectivity index (χ4n) is 3.17. The Morgan fingerprint density at radius 1 is 1.03 bits per heavy atom. The number of hydrogen-bond donors (Lipinski definition) is 1. The summed E-state index contributed by atoms with van der Waals surface area (Å²) >= 11 is 7.79. The van der Waals surface area contributed by atoms with Crippen molar-refractivity contribution in [1.82, 2.24) is 15.0 Å². The molecule has 1 amide bonds. The Labute approximate surface area is 180 Å². The van der Waals surface area contributed by atoms with Crippen molar-refractivity contribution in [2.75, 3.05) is 12.4 Å². The van der Waals surface area contributed by atoms with E-state index in [0.717, 1.165) is 27.0 Å². The summed E-state index contributed by atoms with van der Waals surface area (Å²) in [5.74, 6) is 0.517. The molecule has 0 saturated carbocycles. The number of nitrogens with one attached hydrogen (secondary N) is 1. The molecule has 1 N–H and O–H groups in total. The van der Waals surface area contributed by atoms with E-state index in [4.69, 9.17) is 16.3 Å². The van der Waals surface area contributed by atoms with Crippen LogP contribution in [0.1, 0.15) is 9.67 Å². The fourth-order valence-corrected chi connectivity index (χ4v) is 4.58. The van der Waals surface area contributed by atoms with E-state index in [2.05, 4.69) is 15.5 Å². The molecule has 30 heavy (non-hydrogen) atoms. The number of halogens is 1. The van der Waals surface area contributed by atoms with Gasteiger partial charge < -0.3 is 10.1 Å². The summed E-state index contributed by atoms with van der Waals surface area (Å²) in [6.07, 6.45) is 0. The minimum atomic E-state index is -0.247. The molecule has 2 aromatic heterocycles. The van der Waals surface area contributed by atoms with Gasteiger partial charge in [-0.1, -0.05) is 29.8 Å². The molecule has 6 nitrogen and oxygen atoms in total. The third-order valence-electron chi connectivity index (χ3n) is 4.68. The fraction of sp³-hybridized carbons (Fsp3) is 0.0455. The van der Waals surface area contributed by atoms with Crippen molar-refractivity contribution in [2.45, 2.75) is 0 Å². The predicted octanol–water partition coefficient (Wildman–Crippen LogP) is 5.55. The monoisotopic (exact) mass is 434 g/mol. The van der Waals surface area contributed by atoms with Crippen LogP contribution in [0.15, 0.2) is 66.7 Å². The molecular weight excluding hydrogens is 420 g/mol. The van der Waals surface area contributed by atoms with Gasteiger partial charge in [0.2, 0.25) is 0 Å². The molecule has 2 heterocycles. The molecule has 0 saturated heterocycles. The molecule has 0 unspecified atom stereocenters. The number of ether oxygens (including phenoxy) is 1. The minimum absolute atomic E-state index is 0.247. The first-order chi connectivity index (χ1) is 14.6. The normalized spacial score (nSPS) is 11.1. The number of hydrogen-bond acceptors (Lipinski definition) is 5. The zero-order chi connectivity index (χ0) is 20.7. The van der Waals surface area contributed by atoms with Crippen molar-refractivity contribution >= 4 is 55.7 Å². The highest BCUT2D eigenvalue weighted by atomic mass is 35.5. The summed E-state index contributed by atoms with van der Waals surface area (Å²) in [6, 6.07) is 20.6. The number of aromatic nitrogens is 3. The van der Waals surface area contributed by atoms with E-state index < -0.39 is 0 Å². The number of benzene rings is 3. The van der Waals surface area contributed by atoms with Crippen LogP contribution in [0.5, 0.6) is 5.75 Å². The van der Waals surface area contributed by atoms with Crippen LogP contribution in [0, 0.1) is 0 Å². The maximum absolute atomic E-state index is 12.8. The van der Waals surface area contributed by atoms with Gasteiger partial charge in [0.1, 0.15) is 21.7 Å². The lowest BCUT2D eigenvalue weighted by Crippen LogP contribution is -2.10. The molecule has 0 bridgehead atoms. The molecule has 0 fully saturated rings. The van der Waals surface area contributed by atoms with E-state index in [1.807, 2.05) is 54.6 Å². The van der Waals surface area contributed by atoms with Crippen molar-refractivity contribution in [1.29, 1.82) is 0 Å². The number of thiophene rings is 1. The molecule has 0 spiro atoms. The van der Waals surface area contributed by atoms with Gasteiger partial charge in [-0.3, -0.25) is 4.79 Å². The van der Waals surface area contributed by atoms with Crippen molar-refractivity contribution in [3.63, 3.8) is 0 Å². The highest BCUT2D eigenvalue weighted by molar-refractivity contribution is 7.21. The Hall–Kier alpha value is -3.42. The van der Waals surface area contributed by atoms with Crippen molar-refractivity contribution in [3.05, 3.63) is 76.6 Å². The van der Waals surface area contributed by atoms with Crippen LogP contribution < -0.4 is 10.1 Å². The number of fused-ring (bicyclic) bond motifs is 2. The average Bonchev–Trinajstić information content (AvgIpc) is 3.35. The van der Waals surface area contributed by atoms with Gasteiger partial charge in [0, 0.05) is 15.8 Å². The smallest absolute Gasteiger partial charge is 0.267 e. The van der Waals surface area contributed by atoms with Crippen LogP contribution in [0.25, 0.3) is 26.8 Å². The molecular formula is C22H15ClN4O2S. The quantitative estimate of drug-likeness (QED) is 0.402. The second kappa shape index (κ2) is 7.44. The summed E-state index contributed by atoms with van der Waals surface area (Å²) in [4.78, 5) is 14.8. The van der Waals surface area contributed by atoms with Crippen LogP contribution in [-0.2, 0) is 0 Å². The number of anilines is 1. The SMILES string of the molecule is COc1ccc(-n2nc3ccc(NC(=O)c4sc5ccccc5c4Cl)cc3n2)cc1. The van der Waals surface area contributed by atoms with E-state index in [1.165, 1.54) is 11.3 Å². The third kappa shape index (κ3) is 3.28. The van der Waals surface area contributed by atoms with Crippen LogP contribution in [0.3, 0.4) is 0 Å². The lowest BCUT2D eigenvalue weighted by Gasteiger charge is -2.03. The first-order valence-corrected chi connectivity index (χ1v) is 10.3. The number of nitrogens with zero attached hydrogens (tertiary/aromatic N) is 3. The van der Waals surface area contributed by atoms with E-state index in [-0.39, 0.29) is 5.91 Å². The van der Waals surface area contributed by atoms with E-state index in [1.54, 1.807) is 24.0 Å². The standard InChI is InChI=1S/C22H15ClN4O2S/c1-29-15-9-7-14(8-10-15)27-25-17-11-6-13(12-18(17)26-27)24-22(28)21-20(23)16-4-2-3-5-19(16)30-21/h2-12H,1H3,(H,24,28). The molecule has 8 heteroatoms. The zero-order valence-electron chi connectivity index (χ0n) is 15.8. The van der Waals surface area contributed by atoms with Crippen molar-refractivity contribution < 1.29 is 9.53 Å². The Kier molecular flexibility index (Phi) is 4.61. The molecule has 0 aliphatic rings. The van der Waals surface area contributed by atoms with Crippen molar-refractivity contribution in [3.8, 4) is 11.4 Å². The van der Waals surface area contributed by atoms with Gasteiger partial charge in [0.15, 0.2) is 0 Å². The molecule has 0 atom stereocenters. The Balaban J connectivity index is 1.43. The summed E-state index contributed by atoms with van der Waals surface area (Å²) < 4.78 is 6.16. The van der Waals surface area contributed by atoms with Gasteiger partial charge >= 0.3 is 0 Å². The summed E-state index contributed by atoms with van der Waals surface area (Å²) in [5.41, 5.74) is 2.84. The minimum Gasteiger partial charge on any atom is -0.497 e.